The van der Waals surface area contributed by atoms with Crippen LogP contribution < -0.4 is 9.47 Å². The van der Waals surface area contributed by atoms with Gasteiger partial charge in [0.05, 0.1) is 47.6 Å². The fourth-order valence-electron chi connectivity index (χ4n) is 4.55. The lowest BCUT2D eigenvalue weighted by atomic mass is 9.95. The molecule has 0 saturated heterocycles. The summed E-state index contributed by atoms with van der Waals surface area (Å²) in [6.07, 6.45) is 2.88. The standard InChI is InChI=1S/C36H38Cl2O14/c1-3-31(39)45-17-5-7-19-47-35(43)51-29-15-9-23(21-27(29)37)33(41)49-25-11-13-26(14-12-25)50-34(42)24-10-16-30(28(38)22-24)52-36(44)48-20-8-6-18-46-32(40)4-2/h3-4,9-10,15-16,21-22,25-26H,1-2,5-8,11-14,17-20H2/t25-,26-. The molecule has 14 nitrogen and oxygen atoms in total. The van der Waals surface area contributed by atoms with Gasteiger partial charge in [-0.1, -0.05) is 36.4 Å². The van der Waals surface area contributed by atoms with Crippen LogP contribution in [0.2, 0.25) is 10.0 Å². The fourth-order valence-corrected chi connectivity index (χ4v) is 4.99. The minimum atomic E-state index is -0.986. The monoisotopic (exact) mass is 764 g/mol. The molecular weight excluding hydrogens is 727 g/mol. The minimum Gasteiger partial charge on any atom is -0.463 e. The van der Waals surface area contributed by atoms with E-state index >= 15 is 0 Å². The highest BCUT2D eigenvalue weighted by Crippen LogP contribution is 2.30. The Bertz CT molecular complexity index is 1480. The third kappa shape index (κ3) is 14.6. The smallest absolute Gasteiger partial charge is 0.463 e. The van der Waals surface area contributed by atoms with Gasteiger partial charge < -0.3 is 37.9 Å². The maximum Gasteiger partial charge on any atom is 0.513 e. The molecule has 2 aromatic carbocycles. The van der Waals surface area contributed by atoms with Crippen molar-refractivity contribution in [3.8, 4) is 11.5 Å². The number of unbranched alkanes of at least 4 members (excludes halogenated alkanes) is 2. The Morgan fingerprint density at radius 1 is 0.577 bits per heavy atom. The molecule has 280 valence electrons. The predicted octanol–water partition coefficient (Wildman–Crippen LogP) is 7.37. The van der Waals surface area contributed by atoms with E-state index in [9.17, 15) is 28.8 Å². The molecule has 0 bridgehead atoms. The topological polar surface area (TPSA) is 176 Å². The van der Waals surface area contributed by atoms with Gasteiger partial charge in [0.25, 0.3) is 0 Å². The largest absolute Gasteiger partial charge is 0.513 e. The first-order chi connectivity index (χ1) is 25.0. The van der Waals surface area contributed by atoms with Crippen molar-refractivity contribution in [3.05, 3.63) is 82.9 Å². The zero-order chi connectivity index (χ0) is 37.9. The van der Waals surface area contributed by atoms with Crippen molar-refractivity contribution in [3.63, 3.8) is 0 Å². The lowest BCUT2D eigenvalue weighted by Crippen LogP contribution is -2.29. The third-order valence-electron chi connectivity index (χ3n) is 7.23. The van der Waals surface area contributed by atoms with Crippen LogP contribution in [-0.4, -0.2) is 74.8 Å². The summed E-state index contributed by atoms with van der Waals surface area (Å²) < 4.78 is 41.0. The van der Waals surface area contributed by atoms with Gasteiger partial charge in [-0.05, 0) is 87.8 Å². The Morgan fingerprint density at radius 3 is 1.25 bits per heavy atom. The molecule has 1 saturated carbocycles. The molecule has 1 fully saturated rings. The zero-order valence-electron chi connectivity index (χ0n) is 28.1. The quantitative estimate of drug-likeness (QED) is 0.0483. The molecule has 0 atom stereocenters. The van der Waals surface area contributed by atoms with Crippen molar-refractivity contribution < 1.29 is 66.7 Å². The number of carbonyl (C=O) groups excluding carboxylic acids is 6. The normalized spacial score (nSPS) is 14.9. The van der Waals surface area contributed by atoms with E-state index in [1.165, 1.54) is 36.4 Å². The molecule has 2 aromatic rings. The van der Waals surface area contributed by atoms with Crippen molar-refractivity contribution in [1.82, 2.24) is 0 Å². The van der Waals surface area contributed by atoms with Crippen molar-refractivity contribution >= 4 is 59.4 Å². The van der Waals surface area contributed by atoms with Gasteiger partial charge in [-0.25, -0.2) is 28.8 Å². The van der Waals surface area contributed by atoms with E-state index in [2.05, 4.69) is 13.2 Å². The van der Waals surface area contributed by atoms with E-state index in [0.29, 0.717) is 51.4 Å². The summed E-state index contributed by atoms with van der Waals surface area (Å²) in [5.74, 6) is -2.33. The molecule has 0 unspecified atom stereocenters. The summed E-state index contributed by atoms with van der Waals surface area (Å²) in [5, 5.41) is -0.00849. The molecule has 16 heteroatoms. The SMILES string of the molecule is C=CC(=O)OCCCCOC(=O)Oc1ccc(C(=O)O[C@H]2CC[C@H](OC(=O)c3ccc(OC(=O)OCCCCOC(=O)C=C)c(Cl)c3)CC2)cc1Cl. The van der Waals surface area contributed by atoms with Crippen molar-refractivity contribution in [2.45, 2.75) is 63.6 Å². The molecule has 1 aliphatic carbocycles. The van der Waals surface area contributed by atoms with Crippen LogP contribution in [0.4, 0.5) is 9.59 Å². The first kappa shape index (κ1) is 41.3. The summed E-state index contributed by atoms with van der Waals surface area (Å²) in [4.78, 5) is 71.5. The Hall–Kier alpha value is -5.08. The van der Waals surface area contributed by atoms with E-state index in [0.717, 1.165) is 12.2 Å². The number of carbonyl (C=O) groups is 6. The predicted molar refractivity (Wildman–Crippen MR) is 185 cm³/mol. The number of halogens is 2. The summed E-state index contributed by atoms with van der Waals surface area (Å²) in [5.41, 5.74) is 0.296. The van der Waals surface area contributed by atoms with Crippen LogP contribution in [0.1, 0.15) is 72.1 Å². The number of rotatable bonds is 18. The van der Waals surface area contributed by atoms with E-state index in [1.54, 1.807) is 0 Å². The van der Waals surface area contributed by atoms with Crippen molar-refractivity contribution in [2.24, 2.45) is 0 Å². The van der Waals surface area contributed by atoms with Gasteiger partial charge in [-0.15, -0.1) is 0 Å². The van der Waals surface area contributed by atoms with E-state index in [1.807, 2.05) is 0 Å². The molecule has 52 heavy (non-hydrogen) atoms. The van der Waals surface area contributed by atoms with Gasteiger partial charge in [0.2, 0.25) is 0 Å². The molecule has 3 rings (SSSR count). The van der Waals surface area contributed by atoms with Crippen molar-refractivity contribution in [2.75, 3.05) is 26.4 Å². The molecule has 0 aromatic heterocycles. The van der Waals surface area contributed by atoms with Crippen LogP contribution in [-0.2, 0) is 38.0 Å². The molecular formula is C36H38Cl2O14. The van der Waals surface area contributed by atoms with Crippen LogP contribution in [0.3, 0.4) is 0 Å². The summed E-state index contributed by atoms with van der Waals surface area (Å²) in [6.45, 7) is 6.98. The number of benzene rings is 2. The minimum absolute atomic E-state index is 0.00425. The fraction of sp³-hybridized carbons (Fsp3) is 0.389. The van der Waals surface area contributed by atoms with E-state index in [4.69, 9.17) is 61.1 Å². The Morgan fingerprint density at radius 2 is 0.923 bits per heavy atom. The number of ether oxygens (including phenoxy) is 8. The van der Waals surface area contributed by atoms with Gasteiger partial charge in [-0.3, -0.25) is 0 Å². The van der Waals surface area contributed by atoms with Gasteiger partial charge in [-0.2, -0.15) is 0 Å². The van der Waals surface area contributed by atoms with E-state index in [-0.39, 0.29) is 59.1 Å². The highest BCUT2D eigenvalue weighted by molar-refractivity contribution is 6.32. The van der Waals surface area contributed by atoms with Crippen LogP contribution in [0.25, 0.3) is 0 Å². The maximum atomic E-state index is 12.8. The average molecular weight is 766 g/mol. The molecule has 0 N–H and O–H groups in total. The Kier molecular flexibility index (Phi) is 17.5. The average Bonchev–Trinajstić information content (AvgIpc) is 3.13. The Labute approximate surface area is 309 Å². The highest BCUT2D eigenvalue weighted by atomic mass is 35.5. The van der Waals surface area contributed by atoms with E-state index < -0.39 is 48.4 Å². The van der Waals surface area contributed by atoms with Crippen LogP contribution in [0.5, 0.6) is 11.5 Å². The lowest BCUT2D eigenvalue weighted by molar-refractivity contribution is -0.138. The van der Waals surface area contributed by atoms with Gasteiger partial charge in [0.15, 0.2) is 11.5 Å². The first-order valence-electron chi connectivity index (χ1n) is 16.3. The first-order valence-corrected chi connectivity index (χ1v) is 17.0. The summed E-state index contributed by atoms with van der Waals surface area (Å²) >= 11 is 12.4. The highest BCUT2D eigenvalue weighted by Gasteiger charge is 2.28. The van der Waals surface area contributed by atoms with Gasteiger partial charge in [0.1, 0.15) is 12.2 Å². The molecule has 0 spiro atoms. The van der Waals surface area contributed by atoms with Crippen LogP contribution in [0, 0.1) is 0 Å². The van der Waals surface area contributed by atoms with Crippen LogP contribution in [0.15, 0.2) is 61.7 Å². The maximum absolute atomic E-state index is 12.8. The van der Waals surface area contributed by atoms with Gasteiger partial charge >= 0.3 is 36.2 Å². The summed E-state index contributed by atoms with van der Waals surface area (Å²) in [6, 6.07) is 8.12. The zero-order valence-corrected chi connectivity index (χ0v) is 29.7. The Balaban J connectivity index is 1.35. The summed E-state index contributed by atoms with van der Waals surface area (Å²) in [7, 11) is 0. The number of hydrogen-bond donors (Lipinski definition) is 0. The lowest BCUT2D eigenvalue weighted by Gasteiger charge is -2.28. The number of esters is 4. The molecule has 0 amide bonds. The second-order valence-corrected chi connectivity index (χ2v) is 11.9. The van der Waals surface area contributed by atoms with Crippen LogP contribution >= 0.6 is 23.2 Å². The number of hydrogen-bond acceptors (Lipinski definition) is 14. The molecule has 0 radical (unpaired) electrons. The molecule has 0 aliphatic heterocycles. The second-order valence-electron chi connectivity index (χ2n) is 11.1. The molecule has 0 heterocycles. The third-order valence-corrected chi connectivity index (χ3v) is 7.82. The van der Waals surface area contributed by atoms with Gasteiger partial charge in [0, 0.05) is 12.2 Å². The van der Waals surface area contributed by atoms with Crippen molar-refractivity contribution in [1.29, 1.82) is 0 Å². The molecule has 1 aliphatic rings. The second kappa shape index (κ2) is 22.0.